The SMILES string of the molecule is Cc1nccc(C2CN(Cc3ccncc3C)CCO2)n1. The molecule has 0 saturated carbocycles. The summed E-state index contributed by atoms with van der Waals surface area (Å²) in [4.78, 5) is 15.2. The Hall–Kier alpha value is -1.85. The van der Waals surface area contributed by atoms with E-state index in [2.05, 4.69) is 32.8 Å². The van der Waals surface area contributed by atoms with Crippen LogP contribution >= 0.6 is 0 Å². The Morgan fingerprint density at radius 2 is 2.19 bits per heavy atom. The average molecular weight is 284 g/mol. The van der Waals surface area contributed by atoms with Crippen LogP contribution in [0.3, 0.4) is 0 Å². The highest BCUT2D eigenvalue weighted by Gasteiger charge is 2.23. The Morgan fingerprint density at radius 3 is 3.00 bits per heavy atom. The first-order valence-corrected chi connectivity index (χ1v) is 7.25. The quantitative estimate of drug-likeness (QED) is 0.863. The minimum Gasteiger partial charge on any atom is -0.369 e. The standard InChI is InChI=1S/C16H20N4O/c1-12-9-17-5-3-14(12)10-20-7-8-21-16(11-20)15-4-6-18-13(2)19-15/h3-6,9,16H,7-8,10-11H2,1-2H3. The van der Waals surface area contributed by atoms with Gasteiger partial charge in [0.25, 0.3) is 0 Å². The normalized spacial score (nSPS) is 19.6. The topological polar surface area (TPSA) is 51.1 Å². The molecule has 0 aromatic carbocycles. The minimum absolute atomic E-state index is 0.0302. The third kappa shape index (κ3) is 3.43. The zero-order chi connectivity index (χ0) is 14.7. The van der Waals surface area contributed by atoms with Gasteiger partial charge in [0.05, 0.1) is 12.3 Å². The van der Waals surface area contributed by atoms with E-state index in [0.717, 1.165) is 37.8 Å². The highest BCUT2D eigenvalue weighted by atomic mass is 16.5. The minimum atomic E-state index is 0.0302. The van der Waals surface area contributed by atoms with E-state index in [1.165, 1.54) is 11.1 Å². The average Bonchev–Trinajstić information content (AvgIpc) is 2.50. The van der Waals surface area contributed by atoms with E-state index in [-0.39, 0.29) is 6.10 Å². The molecule has 21 heavy (non-hydrogen) atoms. The number of pyridine rings is 1. The molecule has 1 fully saturated rings. The molecule has 0 N–H and O–H groups in total. The zero-order valence-electron chi connectivity index (χ0n) is 12.5. The van der Waals surface area contributed by atoms with Gasteiger partial charge >= 0.3 is 0 Å². The molecular weight excluding hydrogens is 264 g/mol. The van der Waals surface area contributed by atoms with Crippen molar-refractivity contribution >= 4 is 0 Å². The van der Waals surface area contributed by atoms with Crippen LogP contribution in [0.5, 0.6) is 0 Å². The monoisotopic (exact) mass is 284 g/mol. The van der Waals surface area contributed by atoms with Gasteiger partial charge in [-0.3, -0.25) is 9.88 Å². The summed E-state index contributed by atoms with van der Waals surface area (Å²) < 4.78 is 5.87. The Kier molecular flexibility index (Phi) is 4.22. The van der Waals surface area contributed by atoms with E-state index in [4.69, 9.17) is 4.74 Å². The van der Waals surface area contributed by atoms with Gasteiger partial charge in [-0.25, -0.2) is 9.97 Å². The summed E-state index contributed by atoms with van der Waals surface area (Å²) in [6.45, 7) is 7.48. The molecule has 1 aliphatic heterocycles. The van der Waals surface area contributed by atoms with Crippen molar-refractivity contribution in [3.8, 4) is 0 Å². The molecule has 3 heterocycles. The Balaban J connectivity index is 1.70. The molecule has 5 heteroatoms. The fourth-order valence-electron chi connectivity index (χ4n) is 2.60. The van der Waals surface area contributed by atoms with E-state index in [0.29, 0.717) is 0 Å². The fraction of sp³-hybridized carbons (Fsp3) is 0.438. The van der Waals surface area contributed by atoms with Crippen molar-refractivity contribution in [2.24, 2.45) is 0 Å². The molecule has 0 aliphatic carbocycles. The number of ether oxygens (including phenoxy) is 1. The second-order valence-corrected chi connectivity index (χ2v) is 5.43. The molecule has 1 saturated heterocycles. The largest absolute Gasteiger partial charge is 0.369 e. The molecule has 110 valence electrons. The van der Waals surface area contributed by atoms with Crippen LogP contribution in [0.2, 0.25) is 0 Å². The summed E-state index contributed by atoms with van der Waals surface area (Å²) in [5.41, 5.74) is 3.53. The van der Waals surface area contributed by atoms with Gasteiger partial charge in [-0.15, -0.1) is 0 Å². The molecule has 1 unspecified atom stereocenters. The number of aryl methyl sites for hydroxylation is 2. The second kappa shape index (κ2) is 6.28. The van der Waals surface area contributed by atoms with E-state index in [1.807, 2.05) is 25.4 Å². The highest BCUT2D eigenvalue weighted by molar-refractivity contribution is 5.21. The van der Waals surface area contributed by atoms with E-state index in [9.17, 15) is 0 Å². The molecule has 2 aromatic heterocycles. The summed E-state index contributed by atoms with van der Waals surface area (Å²) in [5.74, 6) is 0.790. The Bertz CT molecular complexity index is 617. The van der Waals surface area contributed by atoms with Crippen LogP contribution in [-0.2, 0) is 11.3 Å². The van der Waals surface area contributed by atoms with Crippen LogP contribution in [0.25, 0.3) is 0 Å². The van der Waals surface area contributed by atoms with Gasteiger partial charge in [0.2, 0.25) is 0 Å². The lowest BCUT2D eigenvalue weighted by atomic mass is 10.1. The number of rotatable bonds is 3. The van der Waals surface area contributed by atoms with Crippen LogP contribution in [0.15, 0.2) is 30.7 Å². The molecular formula is C16H20N4O. The summed E-state index contributed by atoms with van der Waals surface area (Å²) >= 11 is 0. The van der Waals surface area contributed by atoms with E-state index < -0.39 is 0 Å². The van der Waals surface area contributed by atoms with Gasteiger partial charge in [0.15, 0.2) is 0 Å². The summed E-state index contributed by atoms with van der Waals surface area (Å²) in [6.07, 6.45) is 5.60. The van der Waals surface area contributed by atoms with Crippen LogP contribution in [0.4, 0.5) is 0 Å². The fourth-order valence-corrected chi connectivity index (χ4v) is 2.60. The van der Waals surface area contributed by atoms with Crippen LogP contribution in [0, 0.1) is 13.8 Å². The van der Waals surface area contributed by atoms with Crippen molar-refractivity contribution in [2.75, 3.05) is 19.7 Å². The Morgan fingerprint density at radius 1 is 1.29 bits per heavy atom. The van der Waals surface area contributed by atoms with Gasteiger partial charge in [-0.05, 0) is 37.1 Å². The number of nitrogens with zero attached hydrogens (tertiary/aromatic N) is 4. The van der Waals surface area contributed by atoms with Crippen molar-refractivity contribution in [2.45, 2.75) is 26.5 Å². The van der Waals surface area contributed by atoms with Crippen molar-refractivity contribution < 1.29 is 4.74 Å². The Labute approximate surface area is 125 Å². The lowest BCUT2D eigenvalue weighted by molar-refractivity contribution is -0.0351. The first-order chi connectivity index (χ1) is 10.2. The third-order valence-corrected chi connectivity index (χ3v) is 3.81. The second-order valence-electron chi connectivity index (χ2n) is 5.43. The van der Waals surface area contributed by atoms with Crippen molar-refractivity contribution in [3.05, 3.63) is 53.4 Å². The maximum atomic E-state index is 5.87. The van der Waals surface area contributed by atoms with Gasteiger partial charge in [0.1, 0.15) is 11.9 Å². The molecule has 1 atom stereocenters. The van der Waals surface area contributed by atoms with E-state index >= 15 is 0 Å². The van der Waals surface area contributed by atoms with Gasteiger partial charge in [-0.1, -0.05) is 0 Å². The van der Waals surface area contributed by atoms with Crippen molar-refractivity contribution in [1.82, 2.24) is 19.9 Å². The maximum Gasteiger partial charge on any atom is 0.125 e. The van der Waals surface area contributed by atoms with Gasteiger partial charge < -0.3 is 4.74 Å². The molecule has 1 aliphatic rings. The smallest absolute Gasteiger partial charge is 0.125 e. The van der Waals surface area contributed by atoms with Crippen LogP contribution in [-0.4, -0.2) is 39.5 Å². The summed E-state index contributed by atoms with van der Waals surface area (Å²) in [5, 5.41) is 0. The summed E-state index contributed by atoms with van der Waals surface area (Å²) in [7, 11) is 0. The van der Waals surface area contributed by atoms with Gasteiger partial charge in [-0.2, -0.15) is 0 Å². The van der Waals surface area contributed by atoms with Crippen LogP contribution < -0.4 is 0 Å². The lowest BCUT2D eigenvalue weighted by Crippen LogP contribution is -2.38. The van der Waals surface area contributed by atoms with E-state index in [1.54, 1.807) is 6.20 Å². The molecule has 0 amide bonds. The molecule has 0 bridgehead atoms. The number of aromatic nitrogens is 3. The molecule has 5 nitrogen and oxygen atoms in total. The predicted octanol–water partition coefficient (Wildman–Crippen LogP) is 2.06. The third-order valence-electron chi connectivity index (χ3n) is 3.81. The maximum absolute atomic E-state index is 5.87. The van der Waals surface area contributed by atoms with Crippen LogP contribution in [0.1, 0.15) is 28.7 Å². The first kappa shape index (κ1) is 14.1. The number of hydrogen-bond acceptors (Lipinski definition) is 5. The predicted molar refractivity (Wildman–Crippen MR) is 79.7 cm³/mol. The van der Waals surface area contributed by atoms with Crippen molar-refractivity contribution in [3.63, 3.8) is 0 Å². The first-order valence-electron chi connectivity index (χ1n) is 7.25. The van der Waals surface area contributed by atoms with Gasteiger partial charge in [0, 0.05) is 38.2 Å². The highest BCUT2D eigenvalue weighted by Crippen LogP contribution is 2.22. The lowest BCUT2D eigenvalue weighted by Gasteiger charge is -2.32. The molecule has 3 rings (SSSR count). The summed E-state index contributed by atoms with van der Waals surface area (Å²) in [6, 6.07) is 4.04. The van der Waals surface area contributed by atoms with Crippen molar-refractivity contribution in [1.29, 1.82) is 0 Å². The molecule has 2 aromatic rings. The number of hydrogen-bond donors (Lipinski definition) is 0. The molecule has 0 spiro atoms. The number of morpholine rings is 1. The molecule has 0 radical (unpaired) electrons. The zero-order valence-corrected chi connectivity index (χ0v) is 12.5.